The third-order valence-corrected chi connectivity index (χ3v) is 10.2. The highest BCUT2D eigenvalue weighted by atomic mass is 32.1. The second-order valence-corrected chi connectivity index (χ2v) is 12.8. The van der Waals surface area contributed by atoms with Crippen molar-refractivity contribution in [2.24, 2.45) is 0 Å². The Labute approximate surface area is 265 Å². The Morgan fingerprint density at radius 1 is 0.600 bits per heavy atom. The average Bonchev–Trinajstić information content (AvgIpc) is 3.68. The number of fused-ring (bicyclic) bond motifs is 6. The molecule has 6 aromatic carbocycles. The van der Waals surface area contributed by atoms with Crippen molar-refractivity contribution in [3.05, 3.63) is 163 Å². The first-order chi connectivity index (χ1) is 22.3. The maximum atomic E-state index is 6.49. The van der Waals surface area contributed by atoms with Crippen LogP contribution in [0, 0.1) is 0 Å². The minimum atomic E-state index is 0.252. The number of thiophene rings is 1. The molecule has 0 fully saturated rings. The Bertz CT molecular complexity index is 2440. The topological polar surface area (TPSA) is 25.2 Å². The Balaban J connectivity index is 1.15. The lowest BCUT2D eigenvalue weighted by molar-refractivity contribution is 0.668. The van der Waals surface area contributed by atoms with Crippen molar-refractivity contribution in [2.75, 3.05) is 5.32 Å². The van der Waals surface area contributed by atoms with Crippen molar-refractivity contribution in [1.29, 1.82) is 0 Å². The van der Waals surface area contributed by atoms with Crippen molar-refractivity contribution in [1.82, 2.24) is 0 Å². The van der Waals surface area contributed by atoms with Gasteiger partial charge in [0.2, 0.25) is 0 Å². The van der Waals surface area contributed by atoms with Gasteiger partial charge >= 0.3 is 0 Å². The molecule has 0 saturated carbocycles. The van der Waals surface area contributed by atoms with Crippen LogP contribution < -0.4 is 5.32 Å². The molecule has 1 unspecified atom stereocenters. The molecule has 1 aliphatic rings. The molecular formula is C42H29NOS. The van der Waals surface area contributed by atoms with E-state index in [2.05, 4.69) is 157 Å². The average molecular weight is 596 g/mol. The van der Waals surface area contributed by atoms with Gasteiger partial charge in [0.1, 0.15) is 11.2 Å². The van der Waals surface area contributed by atoms with E-state index in [4.69, 9.17) is 4.42 Å². The SMILES string of the molecule is C1=CC(c2cccc3oc4cccc(Nc5ccccc5-c5ccc6sc7ccccc7c6c5)c4c23)CC(c2ccccc2)=C1. The van der Waals surface area contributed by atoms with Crippen LogP contribution in [-0.4, -0.2) is 0 Å². The molecule has 2 nitrogen and oxygen atoms in total. The normalized spacial score (nSPS) is 14.8. The van der Waals surface area contributed by atoms with Crippen molar-refractivity contribution in [3.63, 3.8) is 0 Å². The largest absolute Gasteiger partial charge is 0.456 e. The second-order valence-electron chi connectivity index (χ2n) is 11.7. The van der Waals surface area contributed by atoms with Gasteiger partial charge in [-0.1, -0.05) is 109 Å². The number of hydrogen-bond donors (Lipinski definition) is 1. The summed E-state index contributed by atoms with van der Waals surface area (Å²) in [6.45, 7) is 0. The van der Waals surface area contributed by atoms with Crippen LogP contribution in [-0.2, 0) is 0 Å². The summed E-state index contributed by atoms with van der Waals surface area (Å²) in [6, 6.07) is 47.7. The molecule has 0 radical (unpaired) electrons. The van der Waals surface area contributed by atoms with Gasteiger partial charge in [-0.25, -0.2) is 0 Å². The Morgan fingerprint density at radius 3 is 2.29 bits per heavy atom. The van der Waals surface area contributed by atoms with Crippen LogP contribution in [0.2, 0.25) is 0 Å². The second kappa shape index (κ2) is 10.7. The highest BCUT2D eigenvalue weighted by Gasteiger charge is 2.22. The highest BCUT2D eigenvalue weighted by molar-refractivity contribution is 7.25. The maximum Gasteiger partial charge on any atom is 0.137 e. The summed E-state index contributed by atoms with van der Waals surface area (Å²) < 4.78 is 9.13. The number of benzene rings is 6. The minimum absolute atomic E-state index is 0.252. The zero-order chi connectivity index (χ0) is 29.7. The molecule has 0 amide bonds. The minimum Gasteiger partial charge on any atom is -0.456 e. The zero-order valence-electron chi connectivity index (χ0n) is 24.5. The van der Waals surface area contributed by atoms with Crippen LogP contribution in [0.1, 0.15) is 23.5 Å². The lowest BCUT2D eigenvalue weighted by Gasteiger charge is -2.20. The number of allylic oxidation sites excluding steroid dienone is 4. The van der Waals surface area contributed by atoms with E-state index in [9.17, 15) is 0 Å². The van der Waals surface area contributed by atoms with Gasteiger partial charge in [0, 0.05) is 42.7 Å². The van der Waals surface area contributed by atoms with Crippen LogP contribution in [0.25, 0.3) is 58.8 Å². The standard InChI is InChI=1S/C42H29NOS/c1-2-11-27(12-3-1)28-13-8-14-29(25-28)32-17-9-20-37-41(32)42-36(19-10-21-38(42)44-37)43-35-18-6-4-15-31(35)30-23-24-40-34(26-30)33-16-5-7-22-39(33)45-40/h1-24,26,29,43H,25H2. The lowest BCUT2D eigenvalue weighted by atomic mass is 9.84. The van der Waals surface area contributed by atoms with Crippen LogP contribution in [0.4, 0.5) is 11.4 Å². The van der Waals surface area contributed by atoms with Crippen molar-refractivity contribution in [2.45, 2.75) is 12.3 Å². The fraction of sp³-hybridized carbons (Fsp3) is 0.0476. The van der Waals surface area contributed by atoms with Gasteiger partial charge < -0.3 is 9.73 Å². The molecule has 9 rings (SSSR count). The van der Waals surface area contributed by atoms with Crippen molar-refractivity contribution < 1.29 is 4.42 Å². The predicted molar refractivity (Wildman–Crippen MR) is 193 cm³/mol. The van der Waals surface area contributed by atoms with E-state index in [1.165, 1.54) is 53.4 Å². The van der Waals surface area contributed by atoms with E-state index >= 15 is 0 Å². The number of nitrogens with one attached hydrogen (secondary N) is 1. The van der Waals surface area contributed by atoms with Gasteiger partial charge in [0.25, 0.3) is 0 Å². The summed E-state index contributed by atoms with van der Waals surface area (Å²) in [4.78, 5) is 0. The molecule has 214 valence electrons. The molecule has 0 saturated heterocycles. The van der Waals surface area contributed by atoms with E-state index in [-0.39, 0.29) is 5.92 Å². The summed E-state index contributed by atoms with van der Waals surface area (Å²) in [5, 5.41) is 8.78. The fourth-order valence-corrected chi connectivity index (χ4v) is 8.03. The first kappa shape index (κ1) is 26.1. The number of para-hydroxylation sites is 1. The number of furan rings is 1. The third-order valence-electron chi connectivity index (χ3n) is 9.06. The summed E-state index contributed by atoms with van der Waals surface area (Å²) in [6.07, 6.45) is 7.74. The Hall–Kier alpha value is -5.38. The molecular weight excluding hydrogens is 567 g/mol. The van der Waals surface area contributed by atoms with Crippen LogP contribution in [0.15, 0.2) is 156 Å². The van der Waals surface area contributed by atoms with Gasteiger partial charge in [0.15, 0.2) is 0 Å². The van der Waals surface area contributed by atoms with Gasteiger partial charge in [-0.3, -0.25) is 0 Å². The van der Waals surface area contributed by atoms with Gasteiger partial charge in [-0.05, 0) is 71.1 Å². The molecule has 3 heteroatoms. The molecule has 2 aromatic heterocycles. The Morgan fingerprint density at radius 2 is 1.36 bits per heavy atom. The molecule has 0 bridgehead atoms. The molecule has 0 spiro atoms. The van der Waals surface area contributed by atoms with Gasteiger partial charge in [0.05, 0.1) is 11.1 Å². The predicted octanol–water partition coefficient (Wildman–Crippen LogP) is 12.5. The van der Waals surface area contributed by atoms with E-state index in [0.717, 1.165) is 34.3 Å². The number of rotatable bonds is 5. The van der Waals surface area contributed by atoms with E-state index < -0.39 is 0 Å². The maximum absolute atomic E-state index is 6.49. The number of hydrogen-bond acceptors (Lipinski definition) is 3. The first-order valence-electron chi connectivity index (χ1n) is 15.4. The van der Waals surface area contributed by atoms with E-state index in [1.807, 2.05) is 11.3 Å². The monoisotopic (exact) mass is 595 g/mol. The molecule has 2 heterocycles. The fourth-order valence-electron chi connectivity index (χ4n) is 6.95. The Kier molecular flexibility index (Phi) is 6.17. The summed E-state index contributed by atoms with van der Waals surface area (Å²) in [7, 11) is 0. The lowest BCUT2D eigenvalue weighted by Crippen LogP contribution is -2.02. The molecule has 0 aliphatic heterocycles. The highest BCUT2D eigenvalue weighted by Crippen LogP contribution is 2.44. The van der Waals surface area contributed by atoms with E-state index in [1.54, 1.807) is 0 Å². The molecule has 1 atom stereocenters. The van der Waals surface area contributed by atoms with Crippen molar-refractivity contribution in [3.8, 4) is 11.1 Å². The van der Waals surface area contributed by atoms with Crippen LogP contribution in [0.3, 0.4) is 0 Å². The van der Waals surface area contributed by atoms with Gasteiger partial charge in [-0.2, -0.15) is 0 Å². The summed E-state index contributed by atoms with van der Waals surface area (Å²) in [5.74, 6) is 0.252. The summed E-state index contributed by atoms with van der Waals surface area (Å²) in [5.41, 5.74) is 10.2. The summed E-state index contributed by atoms with van der Waals surface area (Å²) >= 11 is 1.85. The zero-order valence-corrected chi connectivity index (χ0v) is 25.4. The van der Waals surface area contributed by atoms with Crippen molar-refractivity contribution >= 4 is 70.4 Å². The molecule has 45 heavy (non-hydrogen) atoms. The first-order valence-corrected chi connectivity index (χ1v) is 16.3. The van der Waals surface area contributed by atoms with Gasteiger partial charge in [-0.15, -0.1) is 11.3 Å². The third kappa shape index (κ3) is 4.47. The smallest absolute Gasteiger partial charge is 0.137 e. The quantitative estimate of drug-likeness (QED) is 0.214. The molecule has 8 aromatic rings. The van der Waals surface area contributed by atoms with Crippen LogP contribution >= 0.6 is 11.3 Å². The molecule has 1 aliphatic carbocycles. The number of anilines is 2. The van der Waals surface area contributed by atoms with E-state index in [0.29, 0.717) is 0 Å². The van der Waals surface area contributed by atoms with Crippen LogP contribution in [0.5, 0.6) is 0 Å². The molecule has 1 N–H and O–H groups in total.